The Morgan fingerprint density at radius 2 is 2.23 bits per heavy atom. The van der Waals surface area contributed by atoms with Crippen LogP contribution in [0.3, 0.4) is 0 Å². The molecule has 0 saturated heterocycles. The minimum Gasteiger partial charge on any atom is -0.193 e. The highest BCUT2D eigenvalue weighted by molar-refractivity contribution is 7.78. The lowest BCUT2D eigenvalue weighted by Gasteiger charge is -2.01. The van der Waals surface area contributed by atoms with Crippen molar-refractivity contribution in [3.05, 3.63) is 28.3 Å². The first-order chi connectivity index (χ1) is 6.19. The summed E-state index contributed by atoms with van der Waals surface area (Å²) in [4.78, 5) is 3.80. The third-order valence-electron chi connectivity index (χ3n) is 1.54. The number of nitriles is 1. The van der Waals surface area contributed by atoms with Gasteiger partial charge in [0.15, 0.2) is 0 Å². The first kappa shape index (κ1) is 9.88. The number of benzene rings is 1. The van der Waals surface area contributed by atoms with E-state index in [4.69, 9.17) is 16.9 Å². The van der Waals surface area contributed by atoms with Crippen LogP contribution in [-0.4, -0.2) is 5.16 Å². The molecule has 4 heteroatoms. The van der Waals surface area contributed by atoms with Crippen LogP contribution >= 0.6 is 23.8 Å². The molecule has 2 nitrogen and oxygen atoms in total. The smallest absolute Gasteiger partial charge is 0.0992 e. The predicted octanol–water partition coefficient (Wildman–Crippen LogP) is 3.25. The van der Waals surface area contributed by atoms with Gasteiger partial charge in [-0.05, 0) is 36.8 Å². The molecule has 0 aliphatic rings. The molecule has 0 radical (unpaired) electrons. The number of rotatable bonds is 1. The molecular weight excluding hydrogens is 204 g/mol. The number of halogens is 1. The van der Waals surface area contributed by atoms with Gasteiger partial charge in [-0.1, -0.05) is 11.6 Å². The predicted molar refractivity (Wildman–Crippen MR) is 55.6 cm³/mol. The normalized spacial score (nSPS) is 8.69. The maximum atomic E-state index is 8.63. The van der Waals surface area contributed by atoms with Crippen LogP contribution in [0.5, 0.6) is 0 Å². The van der Waals surface area contributed by atoms with Gasteiger partial charge in [0.25, 0.3) is 0 Å². The largest absolute Gasteiger partial charge is 0.193 e. The van der Waals surface area contributed by atoms with Crippen molar-refractivity contribution in [2.45, 2.75) is 6.92 Å². The van der Waals surface area contributed by atoms with Gasteiger partial charge in [0.1, 0.15) is 0 Å². The molecule has 0 atom stereocenters. The minimum absolute atomic E-state index is 0.425. The van der Waals surface area contributed by atoms with E-state index in [0.29, 0.717) is 16.3 Å². The average Bonchev–Trinajstić information content (AvgIpc) is 2.11. The van der Waals surface area contributed by atoms with Gasteiger partial charge in [0.2, 0.25) is 0 Å². The molecule has 0 spiro atoms. The molecule has 13 heavy (non-hydrogen) atoms. The van der Waals surface area contributed by atoms with Crippen molar-refractivity contribution in [3.63, 3.8) is 0 Å². The summed E-state index contributed by atoms with van der Waals surface area (Å²) in [5.41, 5.74) is 1.92. The van der Waals surface area contributed by atoms with Crippen LogP contribution in [0.4, 0.5) is 5.69 Å². The molecule has 0 heterocycles. The van der Waals surface area contributed by atoms with Crippen LogP contribution in [0.15, 0.2) is 17.1 Å². The maximum absolute atomic E-state index is 8.63. The van der Waals surface area contributed by atoms with Gasteiger partial charge in [0, 0.05) is 0 Å². The Hall–Kier alpha value is -1.20. The van der Waals surface area contributed by atoms with Crippen LogP contribution in [0.25, 0.3) is 0 Å². The zero-order chi connectivity index (χ0) is 9.84. The molecule has 0 aromatic heterocycles. The van der Waals surface area contributed by atoms with E-state index in [2.05, 4.69) is 22.4 Å². The third kappa shape index (κ3) is 2.13. The Morgan fingerprint density at radius 3 is 2.69 bits per heavy atom. The van der Waals surface area contributed by atoms with E-state index in [0.717, 1.165) is 5.56 Å². The standard InChI is InChI=1S/C9H5ClN2S/c1-6-2-7(4-11)3-8(10)9(6)12-5-13/h2-3H,1H3. The molecule has 1 aromatic carbocycles. The summed E-state index contributed by atoms with van der Waals surface area (Å²) in [6.07, 6.45) is 0. The molecule has 0 N–H and O–H groups in total. The van der Waals surface area contributed by atoms with E-state index in [-0.39, 0.29) is 0 Å². The van der Waals surface area contributed by atoms with Gasteiger partial charge in [-0.15, -0.1) is 0 Å². The van der Waals surface area contributed by atoms with Gasteiger partial charge in [-0.25, -0.2) is 0 Å². The van der Waals surface area contributed by atoms with E-state index in [1.807, 2.05) is 13.0 Å². The number of nitrogens with zero attached hydrogens (tertiary/aromatic N) is 2. The molecule has 0 fully saturated rings. The molecular formula is C9H5ClN2S. The summed E-state index contributed by atoms with van der Waals surface area (Å²) in [5, 5.41) is 11.3. The van der Waals surface area contributed by atoms with Crippen LogP contribution < -0.4 is 0 Å². The highest BCUT2D eigenvalue weighted by atomic mass is 35.5. The van der Waals surface area contributed by atoms with Crippen LogP contribution in [0.2, 0.25) is 5.02 Å². The summed E-state index contributed by atoms with van der Waals surface area (Å²) >= 11 is 10.3. The van der Waals surface area contributed by atoms with Crippen molar-refractivity contribution in [1.29, 1.82) is 5.26 Å². The summed E-state index contributed by atoms with van der Waals surface area (Å²) in [7, 11) is 0. The Balaban J connectivity index is 3.41. The fourth-order valence-corrected chi connectivity index (χ4v) is 1.39. The Morgan fingerprint density at radius 1 is 1.54 bits per heavy atom. The van der Waals surface area contributed by atoms with Crippen LogP contribution in [0, 0.1) is 18.3 Å². The second-order valence-corrected chi connectivity index (χ2v) is 3.03. The summed E-state index contributed by atoms with van der Waals surface area (Å²) in [5.74, 6) is 0. The van der Waals surface area contributed by atoms with Gasteiger partial charge in [-0.3, -0.25) is 0 Å². The number of aliphatic imine (C=N–C) groups is 1. The number of isothiocyanates is 1. The van der Waals surface area contributed by atoms with Gasteiger partial charge >= 0.3 is 0 Å². The lowest BCUT2D eigenvalue weighted by Crippen LogP contribution is -1.80. The SMILES string of the molecule is Cc1cc(C#N)cc(Cl)c1N=C=S. The molecule has 0 saturated carbocycles. The van der Waals surface area contributed by atoms with Gasteiger partial charge < -0.3 is 0 Å². The second kappa shape index (κ2) is 4.15. The number of hydrogen-bond acceptors (Lipinski definition) is 3. The molecule has 0 amide bonds. The summed E-state index contributed by atoms with van der Waals surface area (Å²) in [6, 6.07) is 5.27. The number of hydrogen-bond donors (Lipinski definition) is 0. The average molecular weight is 209 g/mol. The molecule has 1 rings (SSSR count). The van der Waals surface area contributed by atoms with Crippen molar-refractivity contribution in [2.75, 3.05) is 0 Å². The first-order valence-electron chi connectivity index (χ1n) is 3.47. The molecule has 0 aliphatic heterocycles. The zero-order valence-corrected chi connectivity index (χ0v) is 8.41. The Kier molecular flexibility index (Phi) is 3.16. The van der Waals surface area contributed by atoms with Gasteiger partial charge in [-0.2, -0.15) is 10.3 Å². The summed E-state index contributed by atoms with van der Waals surface area (Å²) < 4.78 is 0. The second-order valence-electron chi connectivity index (χ2n) is 2.44. The molecule has 1 aromatic rings. The van der Waals surface area contributed by atoms with Crippen molar-refractivity contribution in [1.82, 2.24) is 0 Å². The third-order valence-corrected chi connectivity index (χ3v) is 1.92. The molecule has 0 aliphatic carbocycles. The highest BCUT2D eigenvalue weighted by Crippen LogP contribution is 2.29. The van der Waals surface area contributed by atoms with E-state index >= 15 is 0 Å². The zero-order valence-electron chi connectivity index (χ0n) is 6.84. The van der Waals surface area contributed by atoms with E-state index in [1.54, 1.807) is 12.1 Å². The Labute approximate surface area is 86.5 Å². The fraction of sp³-hybridized carbons (Fsp3) is 0.111. The van der Waals surface area contributed by atoms with Crippen molar-refractivity contribution < 1.29 is 0 Å². The monoisotopic (exact) mass is 208 g/mol. The maximum Gasteiger partial charge on any atom is 0.0992 e. The molecule has 0 bridgehead atoms. The minimum atomic E-state index is 0.425. The molecule has 64 valence electrons. The van der Waals surface area contributed by atoms with Crippen molar-refractivity contribution >= 4 is 34.7 Å². The van der Waals surface area contributed by atoms with E-state index < -0.39 is 0 Å². The molecule has 0 unspecified atom stereocenters. The topological polar surface area (TPSA) is 36.1 Å². The fourth-order valence-electron chi connectivity index (χ4n) is 0.988. The van der Waals surface area contributed by atoms with E-state index in [9.17, 15) is 0 Å². The van der Waals surface area contributed by atoms with Gasteiger partial charge in [0.05, 0.1) is 27.5 Å². The van der Waals surface area contributed by atoms with Crippen molar-refractivity contribution in [2.24, 2.45) is 4.99 Å². The summed E-state index contributed by atoms with van der Waals surface area (Å²) in [6.45, 7) is 1.82. The van der Waals surface area contributed by atoms with E-state index in [1.165, 1.54) is 0 Å². The highest BCUT2D eigenvalue weighted by Gasteiger charge is 2.04. The Bertz CT molecular complexity index is 405. The quantitative estimate of drug-likeness (QED) is 0.525. The number of aryl methyl sites for hydroxylation is 1. The van der Waals surface area contributed by atoms with Crippen LogP contribution in [0.1, 0.15) is 11.1 Å². The lowest BCUT2D eigenvalue weighted by atomic mass is 10.1. The number of thiocarbonyl (C=S) groups is 1. The lowest BCUT2D eigenvalue weighted by molar-refractivity contribution is 1.38. The first-order valence-corrected chi connectivity index (χ1v) is 4.25. The van der Waals surface area contributed by atoms with Crippen molar-refractivity contribution in [3.8, 4) is 6.07 Å². The van der Waals surface area contributed by atoms with Crippen LogP contribution in [-0.2, 0) is 0 Å².